The number of halogens is 4. The Hall–Kier alpha value is -4.44. The molecule has 0 atom stereocenters. The summed E-state index contributed by atoms with van der Waals surface area (Å²) in [6.45, 7) is 0. The molecule has 0 radical (unpaired) electrons. The van der Waals surface area contributed by atoms with Crippen molar-refractivity contribution in [1.29, 1.82) is 0 Å². The molecule has 0 aromatic heterocycles. The van der Waals surface area contributed by atoms with Gasteiger partial charge in [-0.1, -0.05) is 24.3 Å². The van der Waals surface area contributed by atoms with Crippen LogP contribution in [0.15, 0.2) is 97.1 Å². The third-order valence-electron chi connectivity index (χ3n) is 7.85. The number of benzene rings is 7. The van der Waals surface area contributed by atoms with Gasteiger partial charge in [0.1, 0.15) is 0 Å². The van der Waals surface area contributed by atoms with Gasteiger partial charge in [-0.3, -0.25) is 0 Å². The molecule has 0 unspecified atom stereocenters. The fourth-order valence-corrected chi connectivity index (χ4v) is 5.87. The lowest BCUT2D eigenvalue weighted by atomic mass is 9.94. The second kappa shape index (κ2) is 7.11. The first kappa shape index (κ1) is 21.6. The highest BCUT2D eigenvalue weighted by Gasteiger charge is 2.53. The van der Waals surface area contributed by atoms with E-state index in [0.29, 0.717) is 12.2 Å². The molecule has 1 aliphatic carbocycles. The zero-order valence-electron chi connectivity index (χ0n) is 19.9. The summed E-state index contributed by atoms with van der Waals surface area (Å²) in [6.07, 6.45) is 0.762. The third-order valence-corrected chi connectivity index (χ3v) is 7.85. The smallest absolute Gasteiger partial charge is 0.195 e. The van der Waals surface area contributed by atoms with E-state index in [1.54, 1.807) is 12.1 Å². The summed E-state index contributed by atoms with van der Waals surface area (Å²) in [5, 5.41) is 12.9. The molecule has 1 aliphatic rings. The molecule has 38 heavy (non-hydrogen) atoms. The van der Waals surface area contributed by atoms with Gasteiger partial charge in [0.15, 0.2) is 0 Å². The minimum Gasteiger partial charge on any atom is -0.195 e. The minimum atomic E-state index is -4.21. The van der Waals surface area contributed by atoms with E-state index >= 15 is 0 Å². The van der Waals surface area contributed by atoms with Gasteiger partial charge in [0, 0.05) is 0 Å². The summed E-state index contributed by atoms with van der Waals surface area (Å²) in [6, 6.07) is 32.8. The summed E-state index contributed by atoms with van der Waals surface area (Å²) < 4.78 is 55.8. The Labute approximate surface area is 213 Å². The fourth-order valence-electron chi connectivity index (χ4n) is 5.87. The monoisotopic (exact) mass is 502 g/mol. The van der Waals surface area contributed by atoms with Gasteiger partial charge in [0.25, 0.3) is 0 Å². The molecule has 182 valence electrons. The van der Waals surface area contributed by atoms with E-state index in [9.17, 15) is 17.6 Å². The number of hydrogen-bond acceptors (Lipinski definition) is 0. The van der Waals surface area contributed by atoms with Crippen LogP contribution in [0.1, 0.15) is 0 Å². The van der Waals surface area contributed by atoms with Crippen molar-refractivity contribution >= 4 is 76.8 Å². The number of rotatable bonds is 0. The highest BCUT2D eigenvalue weighted by molar-refractivity contribution is 6.11. The molecular formula is C34H18F4. The van der Waals surface area contributed by atoms with Gasteiger partial charge in [-0.2, -0.15) is 17.6 Å². The highest BCUT2D eigenvalue weighted by atomic mass is 19.3. The van der Waals surface area contributed by atoms with Crippen LogP contribution in [-0.2, 0) is 0 Å². The number of fused-ring (bicyclic) bond motifs is 7. The Kier molecular flexibility index (Phi) is 4.04. The van der Waals surface area contributed by atoms with E-state index in [2.05, 4.69) is 60.7 Å². The minimum absolute atomic E-state index is 0.124. The molecular weight excluding hydrogens is 484 g/mol. The second-order valence-corrected chi connectivity index (χ2v) is 10.4. The average molecular weight is 503 g/mol. The molecule has 0 spiro atoms. The maximum absolute atomic E-state index is 14.0. The molecule has 0 saturated heterocycles. The Morgan fingerprint density at radius 1 is 0.316 bits per heavy atom. The van der Waals surface area contributed by atoms with Crippen molar-refractivity contribution in [2.45, 2.75) is 11.8 Å². The summed E-state index contributed by atoms with van der Waals surface area (Å²) in [5.74, 6) is -8.42. The van der Waals surface area contributed by atoms with Gasteiger partial charge in [-0.25, -0.2) is 0 Å². The summed E-state index contributed by atoms with van der Waals surface area (Å²) in [4.78, 5) is 0. The number of alkyl halides is 4. The molecule has 4 heteroatoms. The largest absolute Gasteiger partial charge is 0.333 e. The van der Waals surface area contributed by atoms with Gasteiger partial charge < -0.3 is 0 Å². The van der Waals surface area contributed by atoms with Crippen molar-refractivity contribution in [3.63, 3.8) is 0 Å². The summed E-state index contributed by atoms with van der Waals surface area (Å²) >= 11 is 0. The van der Waals surface area contributed by atoms with Gasteiger partial charge in [0.05, 0.1) is 0 Å². The zero-order valence-corrected chi connectivity index (χ0v) is 19.9. The summed E-state index contributed by atoms with van der Waals surface area (Å²) in [7, 11) is 0. The van der Waals surface area contributed by atoms with Crippen molar-refractivity contribution in [1.82, 2.24) is 0 Å². The first-order chi connectivity index (χ1) is 18.2. The quantitative estimate of drug-likeness (QED) is 0.144. The van der Waals surface area contributed by atoms with Crippen LogP contribution < -0.4 is 10.4 Å². The van der Waals surface area contributed by atoms with Gasteiger partial charge in [-0.15, -0.1) is 0 Å². The molecule has 0 nitrogen and oxygen atoms in total. The van der Waals surface area contributed by atoms with E-state index in [-0.39, 0.29) is 10.4 Å². The highest BCUT2D eigenvalue weighted by Crippen LogP contribution is 2.38. The first-order valence-corrected chi connectivity index (χ1v) is 12.4. The molecule has 0 bridgehead atoms. The van der Waals surface area contributed by atoms with Crippen molar-refractivity contribution in [3.05, 3.63) is 107 Å². The van der Waals surface area contributed by atoms with Crippen LogP contribution >= 0.6 is 0 Å². The summed E-state index contributed by atoms with van der Waals surface area (Å²) in [5.41, 5.74) is 0. The first-order valence-electron chi connectivity index (χ1n) is 12.4. The van der Waals surface area contributed by atoms with E-state index < -0.39 is 11.8 Å². The lowest BCUT2D eigenvalue weighted by Gasteiger charge is -2.23. The lowest BCUT2D eigenvalue weighted by Crippen LogP contribution is -2.46. The van der Waals surface area contributed by atoms with E-state index in [4.69, 9.17) is 0 Å². The van der Waals surface area contributed by atoms with Crippen LogP contribution in [0.2, 0.25) is 0 Å². The van der Waals surface area contributed by atoms with Crippen LogP contribution in [0.25, 0.3) is 76.8 Å². The van der Waals surface area contributed by atoms with Crippen LogP contribution in [0.5, 0.6) is 0 Å². The molecule has 0 fully saturated rings. The van der Waals surface area contributed by atoms with Crippen molar-refractivity contribution in [3.8, 4) is 0 Å². The maximum atomic E-state index is 14.0. The number of hydrogen-bond donors (Lipinski definition) is 0. The third kappa shape index (κ3) is 3.10. The molecule has 0 saturated carbocycles. The molecule has 0 N–H and O–H groups in total. The van der Waals surface area contributed by atoms with Crippen LogP contribution in [0, 0.1) is 0 Å². The Balaban J connectivity index is 1.37. The second-order valence-electron chi connectivity index (χ2n) is 10.4. The lowest BCUT2D eigenvalue weighted by molar-refractivity contribution is -0.126. The Morgan fingerprint density at radius 3 is 0.842 bits per heavy atom. The van der Waals surface area contributed by atoms with Gasteiger partial charge in [0.2, 0.25) is 0 Å². The maximum Gasteiger partial charge on any atom is 0.333 e. The Bertz CT molecular complexity index is 2130. The van der Waals surface area contributed by atoms with E-state index in [1.165, 1.54) is 21.5 Å². The van der Waals surface area contributed by atoms with E-state index in [0.717, 1.165) is 43.1 Å². The normalized spacial score (nSPS) is 16.2. The molecule has 7 aromatic carbocycles. The fraction of sp³-hybridized carbons (Fsp3) is 0.0588. The van der Waals surface area contributed by atoms with Crippen molar-refractivity contribution in [2.24, 2.45) is 0 Å². The molecule has 8 rings (SSSR count). The Morgan fingerprint density at radius 2 is 0.553 bits per heavy atom. The van der Waals surface area contributed by atoms with Crippen molar-refractivity contribution < 1.29 is 17.6 Å². The molecule has 0 heterocycles. The van der Waals surface area contributed by atoms with Crippen LogP contribution in [-0.4, -0.2) is 11.8 Å². The molecule has 7 aromatic rings. The van der Waals surface area contributed by atoms with E-state index in [1.807, 2.05) is 24.3 Å². The average Bonchev–Trinajstić information content (AvgIpc) is 2.86. The topological polar surface area (TPSA) is 0 Å². The SMILES string of the molecule is FC1(F)C=c2cc3cc4cc5cc6cc7cc8ccccc8cc7cc6cc5cc4cc3cc2=CC1(F)F. The van der Waals surface area contributed by atoms with Gasteiger partial charge >= 0.3 is 11.8 Å². The standard InChI is InChI=1S/C34H18F4/c35-33(36)17-31-15-29-13-27-11-25-9-23-7-21-5-19-3-1-2-4-20(19)6-22(21)8-24(23)10-26(25)12-28(27)14-30(29)16-32(31)18-34(33,37)38/h1-18H. The molecule has 0 aliphatic heterocycles. The van der Waals surface area contributed by atoms with Crippen LogP contribution in [0.3, 0.4) is 0 Å². The predicted octanol–water partition coefficient (Wildman–Crippen LogP) is 8.45. The molecule has 0 amide bonds. The predicted molar refractivity (Wildman–Crippen MR) is 150 cm³/mol. The van der Waals surface area contributed by atoms with Crippen LogP contribution in [0.4, 0.5) is 17.6 Å². The van der Waals surface area contributed by atoms with Gasteiger partial charge in [-0.05, 0) is 160 Å². The zero-order chi connectivity index (χ0) is 25.8. The van der Waals surface area contributed by atoms with Crippen molar-refractivity contribution in [2.75, 3.05) is 0 Å².